The number of carbonyl (C=O) groups excluding carboxylic acids is 1. The number of anilines is 2. The van der Waals surface area contributed by atoms with Gasteiger partial charge in [-0.25, -0.2) is 0 Å². The smallest absolute Gasteiger partial charge is 0.253 e. The zero-order chi connectivity index (χ0) is 15.6. The normalized spacial score (nSPS) is 12.0. The lowest BCUT2D eigenvalue weighted by molar-refractivity contribution is 0.0941. The molecule has 1 heterocycles. The van der Waals surface area contributed by atoms with Crippen LogP contribution in [0.15, 0.2) is 30.3 Å². The third kappa shape index (κ3) is 3.55. The van der Waals surface area contributed by atoms with Crippen LogP contribution in [0.2, 0.25) is 0 Å². The standard InChI is InChI=1S/C16H21N3OS/c1-10-5-8-15(21-10)11(2)18-16(20)13-9-12(17)6-7-14(13)19(3)4/h5-9,11H,17H2,1-4H3,(H,18,20). The van der Waals surface area contributed by atoms with Gasteiger partial charge in [-0.3, -0.25) is 4.79 Å². The van der Waals surface area contributed by atoms with Gasteiger partial charge in [-0.05, 0) is 44.2 Å². The minimum absolute atomic E-state index is 0.0207. The Bertz CT molecular complexity index is 649. The molecule has 4 nitrogen and oxygen atoms in total. The Kier molecular flexibility index (Phi) is 4.53. The van der Waals surface area contributed by atoms with Crippen LogP contribution < -0.4 is 16.0 Å². The van der Waals surface area contributed by atoms with Gasteiger partial charge >= 0.3 is 0 Å². The number of nitrogens with one attached hydrogen (secondary N) is 1. The first-order valence-corrected chi connectivity index (χ1v) is 7.64. The Morgan fingerprint density at radius 2 is 2.00 bits per heavy atom. The molecule has 112 valence electrons. The fraction of sp³-hybridized carbons (Fsp3) is 0.312. The molecule has 0 radical (unpaired) electrons. The molecule has 21 heavy (non-hydrogen) atoms. The molecule has 3 N–H and O–H groups in total. The molecule has 0 aliphatic heterocycles. The second-order valence-corrected chi connectivity index (χ2v) is 6.63. The molecule has 1 aromatic carbocycles. The molecule has 0 saturated heterocycles. The molecule has 1 unspecified atom stereocenters. The van der Waals surface area contributed by atoms with Crippen LogP contribution >= 0.6 is 11.3 Å². The second-order valence-electron chi connectivity index (χ2n) is 5.31. The summed E-state index contributed by atoms with van der Waals surface area (Å²) >= 11 is 1.70. The number of thiophene rings is 1. The van der Waals surface area contributed by atoms with E-state index in [0.717, 1.165) is 10.6 Å². The van der Waals surface area contributed by atoms with E-state index in [1.807, 2.05) is 32.0 Å². The minimum atomic E-state index is -0.107. The Hall–Kier alpha value is -2.01. The largest absolute Gasteiger partial charge is 0.399 e. The summed E-state index contributed by atoms with van der Waals surface area (Å²) in [6, 6.07) is 9.48. The molecule has 0 spiro atoms. The van der Waals surface area contributed by atoms with E-state index >= 15 is 0 Å². The van der Waals surface area contributed by atoms with E-state index in [9.17, 15) is 4.79 Å². The number of rotatable bonds is 4. The molecule has 1 aromatic heterocycles. The van der Waals surface area contributed by atoms with E-state index in [1.165, 1.54) is 4.88 Å². The van der Waals surface area contributed by atoms with Crippen molar-refractivity contribution in [2.75, 3.05) is 24.7 Å². The van der Waals surface area contributed by atoms with Gasteiger partial charge < -0.3 is 16.0 Å². The maximum atomic E-state index is 12.5. The molecular formula is C16H21N3OS. The zero-order valence-electron chi connectivity index (χ0n) is 12.8. The SMILES string of the molecule is Cc1ccc(C(C)NC(=O)c2cc(N)ccc2N(C)C)s1. The van der Waals surface area contributed by atoms with Crippen LogP contribution in [0.1, 0.15) is 33.1 Å². The van der Waals surface area contributed by atoms with Gasteiger partial charge in [0, 0.05) is 35.2 Å². The highest BCUT2D eigenvalue weighted by atomic mass is 32.1. The molecule has 0 aliphatic rings. The number of nitrogens with zero attached hydrogens (tertiary/aromatic N) is 1. The molecule has 5 heteroatoms. The summed E-state index contributed by atoms with van der Waals surface area (Å²) in [6.45, 7) is 4.05. The maximum absolute atomic E-state index is 12.5. The van der Waals surface area contributed by atoms with Gasteiger partial charge in [-0.2, -0.15) is 0 Å². The van der Waals surface area contributed by atoms with E-state index in [4.69, 9.17) is 5.73 Å². The van der Waals surface area contributed by atoms with Crippen LogP contribution in [0.4, 0.5) is 11.4 Å². The van der Waals surface area contributed by atoms with Gasteiger partial charge in [0.05, 0.1) is 11.6 Å². The third-order valence-electron chi connectivity index (χ3n) is 3.28. The van der Waals surface area contributed by atoms with Crippen molar-refractivity contribution >= 4 is 28.6 Å². The van der Waals surface area contributed by atoms with Crippen LogP contribution in [-0.4, -0.2) is 20.0 Å². The van der Waals surface area contributed by atoms with E-state index < -0.39 is 0 Å². The molecule has 1 atom stereocenters. The van der Waals surface area contributed by atoms with Crippen molar-refractivity contribution in [3.05, 3.63) is 45.6 Å². The number of hydrogen-bond donors (Lipinski definition) is 2. The monoisotopic (exact) mass is 303 g/mol. The lowest BCUT2D eigenvalue weighted by Crippen LogP contribution is -2.28. The van der Waals surface area contributed by atoms with Crippen molar-refractivity contribution in [1.29, 1.82) is 0 Å². The van der Waals surface area contributed by atoms with Crippen LogP contribution in [0.5, 0.6) is 0 Å². The Labute approximate surface area is 129 Å². The van der Waals surface area contributed by atoms with Crippen molar-refractivity contribution < 1.29 is 4.79 Å². The molecular weight excluding hydrogens is 282 g/mol. The third-order valence-corrected chi connectivity index (χ3v) is 4.47. The fourth-order valence-corrected chi connectivity index (χ4v) is 3.04. The first-order chi connectivity index (χ1) is 9.88. The molecule has 2 rings (SSSR count). The first kappa shape index (κ1) is 15.4. The molecule has 2 aromatic rings. The lowest BCUT2D eigenvalue weighted by atomic mass is 10.1. The topological polar surface area (TPSA) is 58.4 Å². The van der Waals surface area contributed by atoms with Crippen molar-refractivity contribution in [2.24, 2.45) is 0 Å². The summed E-state index contributed by atoms with van der Waals surface area (Å²) in [5.41, 5.74) is 7.86. The number of amides is 1. The van der Waals surface area contributed by atoms with E-state index in [2.05, 4.69) is 24.4 Å². The molecule has 1 amide bonds. The van der Waals surface area contributed by atoms with Crippen LogP contribution in [0, 0.1) is 6.92 Å². The van der Waals surface area contributed by atoms with E-state index in [0.29, 0.717) is 11.3 Å². The molecule has 0 bridgehead atoms. The highest BCUT2D eigenvalue weighted by molar-refractivity contribution is 7.12. The lowest BCUT2D eigenvalue weighted by Gasteiger charge is -2.19. The predicted molar refractivity (Wildman–Crippen MR) is 90.1 cm³/mol. The summed E-state index contributed by atoms with van der Waals surface area (Å²) in [4.78, 5) is 16.8. The zero-order valence-corrected chi connectivity index (χ0v) is 13.6. The summed E-state index contributed by atoms with van der Waals surface area (Å²) in [5, 5.41) is 3.04. The van der Waals surface area contributed by atoms with Gasteiger partial charge in [0.15, 0.2) is 0 Å². The minimum Gasteiger partial charge on any atom is -0.399 e. The summed E-state index contributed by atoms with van der Waals surface area (Å²) < 4.78 is 0. The van der Waals surface area contributed by atoms with Gasteiger partial charge in [-0.15, -0.1) is 11.3 Å². The summed E-state index contributed by atoms with van der Waals surface area (Å²) in [7, 11) is 3.82. The molecule has 0 saturated carbocycles. The van der Waals surface area contributed by atoms with Gasteiger partial charge in [-0.1, -0.05) is 0 Å². The fourth-order valence-electron chi connectivity index (χ4n) is 2.16. The average Bonchev–Trinajstić information content (AvgIpc) is 2.85. The second kappa shape index (κ2) is 6.18. The van der Waals surface area contributed by atoms with Crippen molar-refractivity contribution in [2.45, 2.75) is 19.9 Å². The Morgan fingerprint density at radius 1 is 1.29 bits per heavy atom. The first-order valence-electron chi connectivity index (χ1n) is 6.82. The van der Waals surface area contributed by atoms with Gasteiger partial charge in [0.2, 0.25) is 0 Å². The maximum Gasteiger partial charge on any atom is 0.253 e. The number of aryl methyl sites for hydroxylation is 1. The number of benzene rings is 1. The van der Waals surface area contributed by atoms with Crippen molar-refractivity contribution in [3.8, 4) is 0 Å². The number of nitrogen functional groups attached to an aromatic ring is 1. The Morgan fingerprint density at radius 3 is 2.57 bits per heavy atom. The summed E-state index contributed by atoms with van der Waals surface area (Å²) in [5.74, 6) is -0.107. The van der Waals surface area contributed by atoms with E-state index in [-0.39, 0.29) is 11.9 Å². The van der Waals surface area contributed by atoms with Crippen LogP contribution in [0.25, 0.3) is 0 Å². The quantitative estimate of drug-likeness (QED) is 0.853. The number of carbonyl (C=O) groups is 1. The van der Waals surface area contributed by atoms with Gasteiger partial charge in [0.1, 0.15) is 0 Å². The van der Waals surface area contributed by atoms with Crippen LogP contribution in [-0.2, 0) is 0 Å². The van der Waals surface area contributed by atoms with Crippen LogP contribution in [0.3, 0.4) is 0 Å². The van der Waals surface area contributed by atoms with Gasteiger partial charge in [0.25, 0.3) is 5.91 Å². The number of nitrogens with two attached hydrogens (primary N) is 1. The Balaban J connectivity index is 2.22. The predicted octanol–water partition coefficient (Wildman–Crippen LogP) is 3.20. The summed E-state index contributed by atoms with van der Waals surface area (Å²) in [6.07, 6.45) is 0. The van der Waals surface area contributed by atoms with Crippen molar-refractivity contribution in [1.82, 2.24) is 5.32 Å². The number of hydrogen-bond acceptors (Lipinski definition) is 4. The highest BCUT2D eigenvalue weighted by Gasteiger charge is 2.17. The average molecular weight is 303 g/mol. The molecule has 0 fully saturated rings. The van der Waals surface area contributed by atoms with E-state index in [1.54, 1.807) is 23.5 Å². The van der Waals surface area contributed by atoms with Crippen molar-refractivity contribution in [3.63, 3.8) is 0 Å². The highest BCUT2D eigenvalue weighted by Crippen LogP contribution is 2.25. The molecule has 0 aliphatic carbocycles.